The predicted octanol–water partition coefficient (Wildman–Crippen LogP) is 2.08. The van der Waals surface area contributed by atoms with Crippen molar-refractivity contribution < 1.29 is 13.7 Å². The smallest absolute Gasteiger partial charge is 0.158 e. The lowest BCUT2D eigenvalue weighted by molar-refractivity contribution is -0.178. The molecular formula is C12H22O3S. The lowest BCUT2D eigenvalue weighted by atomic mass is 10.1. The fraction of sp³-hybridized carbons (Fsp3) is 1.00. The average Bonchev–Trinajstić information content (AvgIpc) is 2.81. The van der Waals surface area contributed by atoms with E-state index in [0.717, 1.165) is 37.6 Å². The summed E-state index contributed by atoms with van der Waals surface area (Å²) in [6.45, 7) is 1.58. The standard InChI is InChI=1S/C12H22O3S/c13-16(10-11-4-1-2-5-11)9-6-12-14-7-3-8-15-12/h11-12H,1-10H2. The van der Waals surface area contributed by atoms with Gasteiger partial charge in [0, 0.05) is 28.7 Å². The van der Waals surface area contributed by atoms with Crippen LogP contribution in [-0.4, -0.2) is 35.2 Å². The zero-order valence-electron chi connectivity index (χ0n) is 9.86. The molecule has 0 bridgehead atoms. The molecule has 2 rings (SSSR count). The number of rotatable bonds is 5. The number of ether oxygens (including phenoxy) is 2. The van der Waals surface area contributed by atoms with E-state index in [-0.39, 0.29) is 6.29 Å². The fourth-order valence-corrected chi connectivity index (χ4v) is 3.94. The molecule has 0 aromatic carbocycles. The van der Waals surface area contributed by atoms with E-state index in [2.05, 4.69) is 0 Å². The summed E-state index contributed by atoms with van der Waals surface area (Å²) < 4.78 is 22.7. The summed E-state index contributed by atoms with van der Waals surface area (Å²) in [6, 6.07) is 0. The van der Waals surface area contributed by atoms with Crippen LogP contribution >= 0.6 is 0 Å². The van der Waals surface area contributed by atoms with Crippen LogP contribution in [0.25, 0.3) is 0 Å². The van der Waals surface area contributed by atoms with Crippen LogP contribution in [0.3, 0.4) is 0 Å². The van der Waals surface area contributed by atoms with Gasteiger partial charge in [-0.15, -0.1) is 0 Å². The molecule has 0 radical (unpaired) electrons. The Labute approximate surface area is 100 Å². The van der Waals surface area contributed by atoms with Crippen molar-refractivity contribution in [2.45, 2.75) is 44.8 Å². The third-order valence-electron chi connectivity index (χ3n) is 3.37. The average molecular weight is 246 g/mol. The third-order valence-corrected chi connectivity index (χ3v) is 4.91. The van der Waals surface area contributed by atoms with Crippen molar-refractivity contribution in [2.75, 3.05) is 24.7 Å². The Morgan fingerprint density at radius 2 is 1.75 bits per heavy atom. The monoisotopic (exact) mass is 246 g/mol. The van der Waals surface area contributed by atoms with Crippen molar-refractivity contribution in [3.63, 3.8) is 0 Å². The van der Waals surface area contributed by atoms with Crippen LogP contribution in [0.5, 0.6) is 0 Å². The molecule has 3 nitrogen and oxygen atoms in total. The van der Waals surface area contributed by atoms with Gasteiger partial charge in [-0.1, -0.05) is 12.8 Å². The van der Waals surface area contributed by atoms with Crippen LogP contribution in [0.15, 0.2) is 0 Å². The molecule has 1 aliphatic carbocycles. The Hall–Kier alpha value is 0.0700. The van der Waals surface area contributed by atoms with Crippen molar-refractivity contribution in [2.24, 2.45) is 5.92 Å². The summed E-state index contributed by atoms with van der Waals surface area (Å²) in [6.07, 6.45) is 6.90. The van der Waals surface area contributed by atoms with E-state index < -0.39 is 10.8 Å². The van der Waals surface area contributed by atoms with Crippen LogP contribution in [0, 0.1) is 5.92 Å². The van der Waals surface area contributed by atoms with Crippen molar-refractivity contribution >= 4 is 10.8 Å². The van der Waals surface area contributed by atoms with Crippen LogP contribution in [0.2, 0.25) is 0 Å². The molecule has 94 valence electrons. The summed E-state index contributed by atoms with van der Waals surface area (Å²) in [5.41, 5.74) is 0. The molecule has 4 heteroatoms. The minimum absolute atomic E-state index is 0.0960. The first-order valence-electron chi connectivity index (χ1n) is 6.43. The second kappa shape index (κ2) is 6.72. The highest BCUT2D eigenvalue weighted by Gasteiger charge is 2.19. The van der Waals surface area contributed by atoms with E-state index in [4.69, 9.17) is 9.47 Å². The first-order valence-corrected chi connectivity index (χ1v) is 7.91. The zero-order valence-corrected chi connectivity index (χ0v) is 10.7. The minimum atomic E-state index is -0.672. The second-order valence-electron chi connectivity index (χ2n) is 4.77. The molecule has 1 heterocycles. The van der Waals surface area contributed by atoms with Gasteiger partial charge in [-0.05, 0) is 25.2 Å². The molecule has 16 heavy (non-hydrogen) atoms. The maximum absolute atomic E-state index is 11.8. The van der Waals surface area contributed by atoms with Crippen LogP contribution in [-0.2, 0) is 20.3 Å². The molecule has 0 spiro atoms. The highest BCUT2D eigenvalue weighted by Crippen LogP contribution is 2.25. The van der Waals surface area contributed by atoms with E-state index in [9.17, 15) is 4.21 Å². The molecule has 0 aromatic heterocycles. The van der Waals surface area contributed by atoms with E-state index in [1.54, 1.807) is 0 Å². The second-order valence-corrected chi connectivity index (χ2v) is 6.40. The van der Waals surface area contributed by atoms with Gasteiger partial charge in [-0.3, -0.25) is 4.21 Å². The van der Waals surface area contributed by atoms with Gasteiger partial charge in [0.25, 0.3) is 0 Å². The molecule has 1 saturated heterocycles. The first kappa shape index (κ1) is 12.5. The van der Waals surface area contributed by atoms with E-state index in [0.29, 0.717) is 5.92 Å². The van der Waals surface area contributed by atoms with Gasteiger partial charge in [0.1, 0.15) is 0 Å². The van der Waals surface area contributed by atoms with Gasteiger partial charge in [-0.25, -0.2) is 0 Å². The predicted molar refractivity (Wildman–Crippen MR) is 64.8 cm³/mol. The minimum Gasteiger partial charge on any atom is -0.353 e. The Morgan fingerprint density at radius 1 is 1.06 bits per heavy atom. The summed E-state index contributed by atoms with van der Waals surface area (Å²) >= 11 is 0. The Balaban J connectivity index is 1.59. The molecule has 0 aromatic rings. The lowest BCUT2D eigenvalue weighted by Gasteiger charge is -2.23. The molecule has 1 saturated carbocycles. The van der Waals surface area contributed by atoms with Crippen molar-refractivity contribution in [1.82, 2.24) is 0 Å². The van der Waals surface area contributed by atoms with Gasteiger partial charge in [0.2, 0.25) is 0 Å². The van der Waals surface area contributed by atoms with Gasteiger partial charge < -0.3 is 9.47 Å². The first-order chi connectivity index (χ1) is 7.84. The summed E-state index contributed by atoms with van der Waals surface area (Å²) in [5.74, 6) is 2.35. The highest BCUT2D eigenvalue weighted by molar-refractivity contribution is 7.84. The third kappa shape index (κ3) is 4.15. The summed E-state index contributed by atoms with van der Waals surface area (Å²) in [4.78, 5) is 0. The Morgan fingerprint density at radius 3 is 2.44 bits per heavy atom. The van der Waals surface area contributed by atoms with Crippen LogP contribution in [0.1, 0.15) is 38.5 Å². The van der Waals surface area contributed by atoms with Gasteiger partial charge in [0.05, 0.1) is 13.2 Å². The molecule has 0 amide bonds. The topological polar surface area (TPSA) is 35.5 Å². The van der Waals surface area contributed by atoms with Crippen molar-refractivity contribution in [3.8, 4) is 0 Å². The zero-order chi connectivity index (χ0) is 11.2. The van der Waals surface area contributed by atoms with Gasteiger partial charge in [0.15, 0.2) is 6.29 Å². The molecule has 2 aliphatic rings. The molecule has 2 fully saturated rings. The lowest BCUT2D eigenvalue weighted by Crippen LogP contribution is -2.27. The normalized spacial score (nSPS) is 26.0. The maximum atomic E-state index is 11.8. The van der Waals surface area contributed by atoms with Crippen LogP contribution in [0.4, 0.5) is 0 Å². The Bertz CT molecular complexity index is 220. The van der Waals surface area contributed by atoms with Crippen LogP contribution < -0.4 is 0 Å². The quantitative estimate of drug-likeness (QED) is 0.745. The number of hydrogen-bond acceptors (Lipinski definition) is 3. The SMILES string of the molecule is O=S(CCC1OCCCO1)CC1CCCC1. The Kier molecular flexibility index (Phi) is 5.26. The summed E-state index contributed by atoms with van der Waals surface area (Å²) in [5, 5.41) is 0. The largest absolute Gasteiger partial charge is 0.353 e. The molecule has 1 aliphatic heterocycles. The van der Waals surface area contributed by atoms with E-state index >= 15 is 0 Å². The number of hydrogen-bond donors (Lipinski definition) is 0. The van der Waals surface area contributed by atoms with E-state index in [1.165, 1.54) is 25.7 Å². The van der Waals surface area contributed by atoms with E-state index in [1.807, 2.05) is 0 Å². The van der Waals surface area contributed by atoms with Crippen molar-refractivity contribution in [1.29, 1.82) is 0 Å². The molecule has 0 N–H and O–H groups in total. The molecular weight excluding hydrogens is 224 g/mol. The fourth-order valence-electron chi connectivity index (χ4n) is 2.45. The maximum Gasteiger partial charge on any atom is 0.158 e. The van der Waals surface area contributed by atoms with Crippen molar-refractivity contribution in [3.05, 3.63) is 0 Å². The highest BCUT2D eigenvalue weighted by atomic mass is 32.2. The molecule has 1 atom stereocenters. The molecule has 1 unspecified atom stereocenters. The van der Waals surface area contributed by atoms with Gasteiger partial charge in [-0.2, -0.15) is 0 Å². The summed E-state index contributed by atoms with van der Waals surface area (Å²) in [7, 11) is -0.672. The van der Waals surface area contributed by atoms with Gasteiger partial charge >= 0.3 is 0 Å².